The molecule has 0 bridgehead atoms. The summed E-state index contributed by atoms with van der Waals surface area (Å²) in [4.78, 5) is 24.3. The molecule has 0 radical (unpaired) electrons. The number of amides is 2. The van der Waals surface area contributed by atoms with Gasteiger partial charge in [0.15, 0.2) is 0 Å². The smallest absolute Gasteiger partial charge is 0.247 e. The number of hydrogen-bond acceptors (Lipinski definition) is 2. The zero-order valence-corrected chi connectivity index (χ0v) is 9.79. The lowest BCUT2D eigenvalue weighted by molar-refractivity contribution is -0.130. The first-order valence-corrected chi connectivity index (χ1v) is 5.43. The third-order valence-electron chi connectivity index (χ3n) is 2.62. The number of anilines is 1. The van der Waals surface area contributed by atoms with E-state index in [1.54, 1.807) is 6.92 Å². The number of nitrogens with one attached hydrogen (secondary N) is 1. The molecule has 0 spiro atoms. The molecule has 1 fully saturated rings. The summed E-state index contributed by atoms with van der Waals surface area (Å²) in [5.41, 5.74) is 0.0711. The molecule has 0 aromatic heterocycles. The molecule has 1 aromatic rings. The van der Waals surface area contributed by atoms with Gasteiger partial charge in [-0.05, 0) is 25.1 Å². The topological polar surface area (TPSA) is 49.4 Å². The van der Waals surface area contributed by atoms with Gasteiger partial charge < -0.3 is 5.32 Å². The van der Waals surface area contributed by atoms with Crippen molar-refractivity contribution in [3.05, 3.63) is 29.0 Å². The van der Waals surface area contributed by atoms with Gasteiger partial charge in [-0.15, -0.1) is 0 Å². The molecule has 0 aliphatic carbocycles. The zero-order chi connectivity index (χ0) is 12.6. The van der Waals surface area contributed by atoms with E-state index in [4.69, 9.17) is 11.6 Å². The Morgan fingerprint density at radius 1 is 1.47 bits per heavy atom. The van der Waals surface area contributed by atoms with Crippen LogP contribution in [0.1, 0.15) is 6.92 Å². The highest BCUT2D eigenvalue weighted by Gasteiger charge is 2.33. The molecular weight excluding hydrogens is 247 g/mol. The number of benzene rings is 1. The van der Waals surface area contributed by atoms with Crippen LogP contribution in [0.15, 0.2) is 18.2 Å². The Hall–Kier alpha value is -1.62. The molecule has 1 aliphatic rings. The highest BCUT2D eigenvalue weighted by molar-refractivity contribution is 6.30. The largest absolute Gasteiger partial charge is 0.345 e. The van der Waals surface area contributed by atoms with Crippen molar-refractivity contribution < 1.29 is 14.0 Å². The van der Waals surface area contributed by atoms with Crippen LogP contribution < -0.4 is 10.2 Å². The van der Waals surface area contributed by atoms with Gasteiger partial charge in [-0.2, -0.15) is 0 Å². The first-order chi connectivity index (χ1) is 8.00. The second-order valence-electron chi connectivity index (χ2n) is 3.75. The molecular formula is C11H10ClFN2O2. The zero-order valence-electron chi connectivity index (χ0n) is 9.04. The van der Waals surface area contributed by atoms with Gasteiger partial charge in [0.2, 0.25) is 11.8 Å². The highest BCUT2D eigenvalue weighted by Crippen LogP contribution is 2.25. The molecule has 0 saturated carbocycles. The monoisotopic (exact) mass is 256 g/mol. The predicted octanol–water partition coefficient (Wildman–Crippen LogP) is 1.33. The third kappa shape index (κ3) is 2.10. The third-order valence-corrected chi connectivity index (χ3v) is 2.85. The van der Waals surface area contributed by atoms with Crippen molar-refractivity contribution in [1.29, 1.82) is 0 Å². The summed E-state index contributed by atoms with van der Waals surface area (Å²) in [5.74, 6) is -1.27. The number of carbonyl (C=O) groups is 2. The van der Waals surface area contributed by atoms with Crippen LogP contribution in [0.25, 0.3) is 0 Å². The molecule has 2 amide bonds. The van der Waals surface area contributed by atoms with E-state index >= 15 is 0 Å². The normalized spacial score (nSPS) is 20.4. The number of hydrogen-bond donors (Lipinski definition) is 1. The molecule has 17 heavy (non-hydrogen) atoms. The molecule has 90 valence electrons. The van der Waals surface area contributed by atoms with E-state index in [1.165, 1.54) is 12.1 Å². The van der Waals surface area contributed by atoms with Crippen LogP contribution in [0.2, 0.25) is 5.02 Å². The van der Waals surface area contributed by atoms with E-state index in [0.717, 1.165) is 11.0 Å². The van der Waals surface area contributed by atoms with Crippen LogP contribution in [0.5, 0.6) is 0 Å². The highest BCUT2D eigenvalue weighted by atomic mass is 35.5. The summed E-state index contributed by atoms with van der Waals surface area (Å²) in [6.07, 6.45) is 0. The van der Waals surface area contributed by atoms with Gasteiger partial charge >= 0.3 is 0 Å². The summed E-state index contributed by atoms with van der Waals surface area (Å²) in [7, 11) is 0. The average Bonchev–Trinajstić information content (AvgIpc) is 2.27. The van der Waals surface area contributed by atoms with Crippen LogP contribution in [0, 0.1) is 5.82 Å². The number of nitrogens with zero attached hydrogens (tertiary/aromatic N) is 1. The maximum atomic E-state index is 13.7. The van der Waals surface area contributed by atoms with Crippen LogP contribution in [0.3, 0.4) is 0 Å². The summed E-state index contributed by atoms with van der Waals surface area (Å²) < 4.78 is 13.7. The molecule has 1 N–H and O–H groups in total. The predicted molar refractivity (Wildman–Crippen MR) is 61.4 cm³/mol. The van der Waals surface area contributed by atoms with Gasteiger partial charge in [-0.3, -0.25) is 14.5 Å². The molecule has 2 rings (SSSR count). The Kier molecular flexibility index (Phi) is 3.02. The van der Waals surface area contributed by atoms with Crippen LogP contribution in [-0.4, -0.2) is 24.4 Å². The first-order valence-electron chi connectivity index (χ1n) is 5.05. The van der Waals surface area contributed by atoms with Gasteiger partial charge in [0.05, 0.1) is 12.2 Å². The van der Waals surface area contributed by atoms with Gasteiger partial charge in [0.25, 0.3) is 0 Å². The molecule has 1 unspecified atom stereocenters. The van der Waals surface area contributed by atoms with Crippen LogP contribution in [0.4, 0.5) is 10.1 Å². The minimum Gasteiger partial charge on any atom is -0.345 e. The van der Waals surface area contributed by atoms with Crippen molar-refractivity contribution >= 4 is 29.1 Å². The van der Waals surface area contributed by atoms with Gasteiger partial charge in [-0.25, -0.2) is 4.39 Å². The van der Waals surface area contributed by atoms with E-state index in [0.29, 0.717) is 0 Å². The van der Waals surface area contributed by atoms with E-state index in [9.17, 15) is 14.0 Å². The number of piperazine rings is 1. The molecule has 1 aliphatic heterocycles. The Bertz CT molecular complexity index is 492. The first kappa shape index (κ1) is 11.9. The molecule has 4 nitrogen and oxygen atoms in total. The Morgan fingerprint density at radius 2 is 2.18 bits per heavy atom. The summed E-state index contributed by atoms with van der Waals surface area (Å²) in [6.45, 7) is 1.42. The number of halogens is 2. The fraction of sp³-hybridized carbons (Fsp3) is 0.273. The lowest BCUT2D eigenvalue weighted by Gasteiger charge is -2.32. The van der Waals surface area contributed by atoms with Gasteiger partial charge in [0, 0.05) is 5.02 Å². The lowest BCUT2D eigenvalue weighted by atomic mass is 10.1. The quantitative estimate of drug-likeness (QED) is 0.824. The maximum absolute atomic E-state index is 13.7. The summed E-state index contributed by atoms with van der Waals surface area (Å²) >= 11 is 5.63. The fourth-order valence-electron chi connectivity index (χ4n) is 1.75. The molecule has 6 heteroatoms. The van der Waals surface area contributed by atoms with Crippen molar-refractivity contribution in [3.63, 3.8) is 0 Å². The van der Waals surface area contributed by atoms with Crippen molar-refractivity contribution in [3.8, 4) is 0 Å². The van der Waals surface area contributed by atoms with Crippen LogP contribution >= 0.6 is 11.6 Å². The van der Waals surface area contributed by atoms with E-state index in [-0.39, 0.29) is 29.1 Å². The average molecular weight is 257 g/mol. The van der Waals surface area contributed by atoms with Gasteiger partial charge in [0.1, 0.15) is 11.9 Å². The minimum atomic E-state index is -0.730. The van der Waals surface area contributed by atoms with Crippen molar-refractivity contribution in [2.45, 2.75) is 13.0 Å². The van der Waals surface area contributed by atoms with Gasteiger partial charge in [-0.1, -0.05) is 11.6 Å². The maximum Gasteiger partial charge on any atom is 0.247 e. The van der Waals surface area contributed by atoms with Crippen LogP contribution in [-0.2, 0) is 9.59 Å². The molecule has 1 heterocycles. The standard InChI is InChI=1S/C11H10ClFN2O2/c1-6-11(17)14-5-10(16)15(6)9-3-2-7(12)4-8(9)13/h2-4,6H,5H2,1H3,(H,14,17). The summed E-state index contributed by atoms with van der Waals surface area (Å²) in [5, 5.41) is 2.68. The SMILES string of the molecule is CC1C(=O)NCC(=O)N1c1ccc(Cl)cc1F. The van der Waals surface area contributed by atoms with E-state index in [1.807, 2.05) is 0 Å². The Labute approximate surface area is 102 Å². The molecule has 1 atom stereocenters. The Morgan fingerprint density at radius 3 is 2.82 bits per heavy atom. The number of carbonyl (C=O) groups excluding carboxylic acids is 2. The fourth-order valence-corrected chi connectivity index (χ4v) is 1.91. The summed E-state index contributed by atoms with van der Waals surface area (Å²) in [6, 6.07) is 3.26. The Balaban J connectivity index is 2.43. The van der Waals surface area contributed by atoms with Crippen molar-refractivity contribution in [1.82, 2.24) is 5.32 Å². The second kappa shape index (κ2) is 4.33. The van der Waals surface area contributed by atoms with E-state index < -0.39 is 11.9 Å². The lowest BCUT2D eigenvalue weighted by Crippen LogP contribution is -2.57. The second-order valence-corrected chi connectivity index (χ2v) is 4.19. The van der Waals surface area contributed by atoms with E-state index in [2.05, 4.69) is 5.32 Å². The van der Waals surface area contributed by atoms with Crippen molar-refractivity contribution in [2.75, 3.05) is 11.4 Å². The van der Waals surface area contributed by atoms with Crippen molar-refractivity contribution in [2.24, 2.45) is 0 Å². The molecule has 1 aromatic carbocycles. The number of rotatable bonds is 1. The molecule has 1 saturated heterocycles. The minimum absolute atomic E-state index is 0.0711.